The molecule has 4 rings (SSSR count). The van der Waals surface area contributed by atoms with Crippen LogP contribution in [0.3, 0.4) is 0 Å². The van der Waals surface area contributed by atoms with Crippen molar-refractivity contribution in [2.75, 3.05) is 5.73 Å². The molecule has 0 aliphatic heterocycles. The van der Waals surface area contributed by atoms with Crippen LogP contribution in [0.2, 0.25) is 0 Å². The van der Waals surface area contributed by atoms with E-state index in [9.17, 15) is 0 Å². The molecule has 0 amide bonds. The zero-order valence-electron chi connectivity index (χ0n) is 10.7. The van der Waals surface area contributed by atoms with E-state index < -0.39 is 0 Å². The van der Waals surface area contributed by atoms with Crippen LogP contribution in [-0.2, 0) is 0 Å². The molecule has 2 heterocycles. The van der Waals surface area contributed by atoms with Crippen LogP contribution in [0.5, 0.6) is 0 Å². The molecule has 20 heavy (non-hydrogen) atoms. The minimum absolute atomic E-state index is 0.457. The maximum absolute atomic E-state index is 5.96. The SMILES string of the molecule is Nc1nc2cccc(-c3ccccc3)c2c2[nH]cnc12. The number of nitrogens with one attached hydrogen (secondary N) is 1. The number of hydrogen-bond donors (Lipinski definition) is 2. The lowest BCUT2D eigenvalue weighted by atomic mass is 10.00. The van der Waals surface area contributed by atoms with Crippen LogP contribution >= 0.6 is 0 Å². The van der Waals surface area contributed by atoms with E-state index in [2.05, 4.69) is 33.2 Å². The number of aromatic nitrogens is 3. The molecule has 4 aromatic rings. The Bertz CT molecular complexity index is 910. The van der Waals surface area contributed by atoms with Crippen molar-refractivity contribution < 1.29 is 0 Å². The Morgan fingerprint density at radius 3 is 2.65 bits per heavy atom. The molecule has 4 heteroatoms. The standard InChI is InChI=1S/C16H12N4/c17-16-15-14(18-9-19-15)13-11(7-4-8-12(13)20-16)10-5-2-1-3-6-10/h1-9H,(H2,17,20)(H,18,19). The van der Waals surface area contributed by atoms with Gasteiger partial charge in [0.05, 0.1) is 17.4 Å². The Balaban J connectivity index is 2.20. The topological polar surface area (TPSA) is 67.6 Å². The summed E-state index contributed by atoms with van der Waals surface area (Å²) < 4.78 is 0. The number of imidazole rings is 1. The first kappa shape index (κ1) is 11.0. The highest BCUT2D eigenvalue weighted by Gasteiger charge is 2.12. The summed E-state index contributed by atoms with van der Waals surface area (Å²) in [6.45, 7) is 0. The van der Waals surface area contributed by atoms with Gasteiger partial charge in [0.1, 0.15) is 5.52 Å². The van der Waals surface area contributed by atoms with Crippen LogP contribution < -0.4 is 5.73 Å². The molecule has 96 valence electrons. The zero-order valence-corrected chi connectivity index (χ0v) is 10.7. The van der Waals surface area contributed by atoms with Crippen molar-refractivity contribution in [3.8, 4) is 11.1 Å². The lowest BCUT2D eigenvalue weighted by molar-refractivity contribution is 1.34. The molecule has 0 saturated heterocycles. The van der Waals surface area contributed by atoms with E-state index in [1.165, 1.54) is 0 Å². The molecule has 0 spiro atoms. The molecule has 0 atom stereocenters. The number of H-pyrrole nitrogens is 1. The Hall–Kier alpha value is -2.88. The molecule has 3 N–H and O–H groups in total. The number of pyridine rings is 1. The number of nitrogens with zero attached hydrogens (tertiary/aromatic N) is 2. The van der Waals surface area contributed by atoms with E-state index in [0.717, 1.165) is 33.1 Å². The van der Waals surface area contributed by atoms with Gasteiger partial charge >= 0.3 is 0 Å². The second-order valence-electron chi connectivity index (χ2n) is 4.69. The quantitative estimate of drug-likeness (QED) is 0.551. The van der Waals surface area contributed by atoms with Crippen LogP contribution in [0.1, 0.15) is 0 Å². The first-order valence-electron chi connectivity index (χ1n) is 6.41. The third kappa shape index (κ3) is 1.48. The van der Waals surface area contributed by atoms with E-state index in [1.807, 2.05) is 30.3 Å². The van der Waals surface area contributed by atoms with Gasteiger partial charge in [-0.1, -0.05) is 42.5 Å². The van der Waals surface area contributed by atoms with Crippen LogP contribution in [-0.4, -0.2) is 15.0 Å². The van der Waals surface area contributed by atoms with Crippen molar-refractivity contribution in [2.45, 2.75) is 0 Å². The van der Waals surface area contributed by atoms with Crippen LogP contribution in [0, 0.1) is 0 Å². The molecule has 4 nitrogen and oxygen atoms in total. The second kappa shape index (κ2) is 4.06. The second-order valence-corrected chi connectivity index (χ2v) is 4.69. The van der Waals surface area contributed by atoms with Gasteiger partial charge in [-0.2, -0.15) is 0 Å². The molecular formula is C16H12N4. The average molecular weight is 260 g/mol. The van der Waals surface area contributed by atoms with E-state index in [1.54, 1.807) is 6.33 Å². The summed E-state index contributed by atoms with van der Waals surface area (Å²) in [7, 11) is 0. The summed E-state index contributed by atoms with van der Waals surface area (Å²) in [5, 5.41) is 1.06. The Morgan fingerprint density at radius 2 is 1.80 bits per heavy atom. The van der Waals surface area contributed by atoms with Crippen molar-refractivity contribution in [2.24, 2.45) is 0 Å². The molecule has 0 saturated carbocycles. The predicted molar refractivity (Wildman–Crippen MR) is 81.2 cm³/mol. The number of aromatic amines is 1. The lowest BCUT2D eigenvalue weighted by Gasteiger charge is -2.08. The van der Waals surface area contributed by atoms with Crippen molar-refractivity contribution in [1.82, 2.24) is 15.0 Å². The monoisotopic (exact) mass is 260 g/mol. The van der Waals surface area contributed by atoms with Gasteiger partial charge in [0, 0.05) is 5.39 Å². The van der Waals surface area contributed by atoms with Gasteiger partial charge in [0.15, 0.2) is 5.82 Å². The first-order chi connectivity index (χ1) is 9.84. The van der Waals surface area contributed by atoms with Crippen LogP contribution in [0.4, 0.5) is 5.82 Å². The largest absolute Gasteiger partial charge is 0.382 e. The third-order valence-corrected chi connectivity index (χ3v) is 3.50. The predicted octanol–water partition coefficient (Wildman–Crippen LogP) is 3.36. The van der Waals surface area contributed by atoms with Gasteiger partial charge in [-0.3, -0.25) is 0 Å². The number of anilines is 1. The third-order valence-electron chi connectivity index (χ3n) is 3.50. The molecule has 0 aliphatic carbocycles. The van der Waals surface area contributed by atoms with Gasteiger partial charge in [-0.15, -0.1) is 0 Å². The normalized spacial score (nSPS) is 11.2. The van der Waals surface area contributed by atoms with Crippen molar-refractivity contribution in [1.29, 1.82) is 0 Å². The Labute approximate surface area is 115 Å². The summed E-state index contributed by atoms with van der Waals surface area (Å²) in [5.41, 5.74) is 10.8. The molecule has 2 aromatic heterocycles. The number of nitrogen functional groups attached to an aromatic ring is 1. The maximum Gasteiger partial charge on any atom is 0.152 e. The Morgan fingerprint density at radius 1 is 0.950 bits per heavy atom. The molecule has 2 aromatic carbocycles. The minimum Gasteiger partial charge on any atom is -0.382 e. The van der Waals surface area contributed by atoms with E-state index in [4.69, 9.17) is 5.73 Å². The number of benzene rings is 2. The van der Waals surface area contributed by atoms with Crippen LogP contribution in [0.25, 0.3) is 33.1 Å². The number of rotatable bonds is 1. The van der Waals surface area contributed by atoms with Crippen LogP contribution in [0.15, 0.2) is 54.9 Å². The maximum atomic E-state index is 5.96. The summed E-state index contributed by atoms with van der Waals surface area (Å²) in [4.78, 5) is 11.9. The van der Waals surface area contributed by atoms with E-state index >= 15 is 0 Å². The van der Waals surface area contributed by atoms with Gasteiger partial charge < -0.3 is 10.7 Å². The highest BCUT2D eigenvalue weighted by atomic mass is 14.9. The molecule has 0 bridgehead atoms. The number of hydrogen-bond acceptors (Lipinski definition) is 3. The summed E-state index contributed by atoms with van der Waals surface area (Å²) in [5.74, 6) is 0.457. The zero-order chi connectivity index (χ0) is 13.5. The summed E-state index contributed by atoms with van der Waals surface area (Å²) in [6, 6.07) is 16.3. The highest BCUT2D eigenvalue weighted by molar-refractivity contribution is 6.12. The minimum atomic E-state index is 0.457. The Kier molecular flexibility index (Phi) is 2.23. The van der Waals surface area contributed by atoms with E-state index in [-0.39, 0.29) is 0 Å². The van der Waals surface area contributed by atoms with Crippen molar-refractivity contribution >= 4 is 27.8 Å². The van der Waals surface area contributed by atoms with Crippen molar-refractivity contribution in [3.05, 3.63) is 54.9 Å². The number of nitrogens with two attached hydrogens (primary N) is 1. The highest BCUT2D eigenvalue weighted by Crippen LogP contribution is 2.33. The lowest BCUT2D eigenvalue weighted by Crippen LogP contribution is -1.94. The first-order valence-corrected chi connectivity index (χ1v) is 6.41. The summed E-state index contributed by atoms with van der Waals surface area (Å²) in [6.07, 6.45) is 1.66. The molecular weight excluding hydrogens is 248 g/mol. The molecule has 0 unspecified atom stereocenters. The fourth-order valence-corrected chi connectivity index (χ4v) is 2.62. The number of fused-ring (bicyclic) bond motifs is 3. The fourth-order valence-electron chi connectivity index (χ4n) is 2.62. The molecule has 0 aliphatic rings. The van der Waals surface area contributed by atoms with Gasteiger partial charge in [-0.25, -0.2) is 9.97 Å². The molecule has 0 radical (unpaired) electrons. The fraction of sp³-hybridized carbons (Fsp3) is 0. The average Bonchev–Trinajstić information content (AvgIpc) is 2.98. The van der Waals surface area contributed by atoms with Crippen molar-refractivity contribution in [3.63, 3.8) is 0 Å². The van der Waals surface area contributed by atoms with Gasteiger partial charge in [0.2, 0.25) is 0 Å². The van der Waals surface area contributed by atoms with Gasteiger partial charge in [0.25, 0.3) is 0 Å². The van der Waals surface area contributed by atoms with E-state index in [0.29, 0.717) is 5.82 Å². The van der Waals surface area contributed by atoms with Gasteiger partial charge in [-0.05, 0) is 17.2 Å². The molecule has 0 fully saturated rings. The summed E-state index contributed by atoms with van der Waals surface area (Å²) >= 11 is 0. The smallest absolute Gasteiger partial charge is 0.152 e.